The van der Waals surface area contributed by atoms with Crippen LogP contribution in [0.3, 0.4) is 0 Å². The third-order valence-electron chi connectivity index (χ3n) is 4.73. The summed E-state index contributed by atoms with van der Waals surface area (Å²) in [6, 6.07) is 4.16. The Hall–Kier alpha value is -1.06. The van der Waals surface area contributed by atoms with Crippen LogP contribution in [0.4, 0.5) is 0 Å². The second kappa shape index (κ2) is 7.67. The van der Waals surface area contributed by atoms with Crippen molar-refractivity contribution >= 4 is 23.6 Å². The first-order valence-electron chi connectivity index (χ1n) is 8.88. The van der Waals surface area contributed by atoms with Gasteiger partial charge < -0.3 is 9.47 Å². The van der Waals surface area contributed by atoms with Crippen molar-refractivity contribution in [3.63, 3.8) is 0 Å². The monoisotopic (exact) mass is 380 g/mol. The van der Waals surface area contributed by atoms with E-state index in [1.165, 1.54) is 0 Å². The van der Waals surface area contributed by atoms with Crippen molar-refractivity contribution in [1.29, 1.82) is 0 Å². The Morgan fingerprint density at radius 3 is 3.00 bits per heavy atom. The molecule has 0 radical (unpaired) electrons. The first kappa shape index (κ1) is 17.4. The van der Waals surface area contributed by atoms with Gasteiger partial charge in [-0.25, -0.2) is 4.68 Å². The fourth-order valence-corrected chi connectivity index (χ4v) is 4.46. The number of rotatable bonds is 5. The van der Waals surface area contributed by atoms with E-state index >= 15 is 0 Å². The maximum absolute atomic E-state index is 5.83. The molecule has 0 bridgehead atoms. The van der Waals surface area contributed by atoms with Crippen molar-refractivity contribution in [2.75, 3.05) is 26.3 Å². The van der Waals surface area contributed by atoms with Gasteiger partial charge in [0.25, 0.3) is 0 Å². The number of thiophene rings is 1. The molecule has 2 aromatic heterocycles. The molecule has 0 saturated carbocycles. The Balaban J connectivity index is 1.62. The molecule has 2 fully saturated rings. The molecule has 2 aliphatic heterocycles. The molecule has 0 unspecified atom stereocenters. The van der Waals surface area contributed by atoms with Crippen LogP contribution in [0.15, 0.2) is 17.5 Å². The molecule has 8 heteroatoms. The van der Waals surface area contributed by atoms with Gasteiger partial charge in [0.15, 0.2) is 10.6 Å². The maximum atomic E-state index is 5.83. The highest BCUT2D eigenvalue weighted by atomic mass is 32.1. The predicted octanol–water partition coefficient (Wildman–Crippen LogP) is 3.00. The molecule has 25 heavy (non-hydrogen) atoms. The van der Waals surface area contributed by atoms with Crippen LogP contribution in [0.1, 0.15) is 19.8 Å². The zero-order valence-corrected chi connectivity index (χ0v) is 16.1. The van der Waals surface area contributed by atoms with Crippen LogP contribution in [-0.4, -0.2) is 57.8 Å². The van der Waals surface area contributed by atoms with Crippen molar-refractivity contribution in [1.82, 2.24) is 19.2 Å². The Labute approximate surface area is 157 Å². The maximum Gasteiger partial charge on any atom is 0.199 e. The van der Waals surface area contributed by atoms with E-state index in [0.29, 0.717) is 6.67 Å². The average Bonchev–Trinajstić information content (AvgIpc) is 3.33. The van der Waals surface area contributed by atoms with E-state index in [4.69, 9.17) is 26.8 Å². The van der Waals surface area contributed by atoms with Crippen LogP contribution in [0, 0.1) is 4.77 Å². The lowest BCUT2D eigenvalue weighted by Crippen LogP contribution is -2.42. The van der Waals surface area contributed by atoms with E-state index in [0.717, 1.165) is 61.2 Å². The van der Waals surface area contributed by atoms with Gasteiger partial charge in [0.2, 0.25) is 0 Å². The molecule has 4 heterocycles. The Morgan fingerprint density at radius 2 is 2.28 bits per heavy atom. The normalized spacial score (nSPS) is 24.8. The highest BCUT2D eigenvalue weighted by Crippen LogP contribution is 2.25. The molecule has 0 aliphatic carbocycles. The molecule has 6 nitrogen and oxygen atoms in total. The molecule has 0 aromatic carbocycles. The third kappa shape index (κ3) is 3.88. The first-order chi connectivity index (χ1) is 12.2. The lowest BCUT2D eigenvalue weighted by Gasteiger charge is -2.30. The van der Waals surface area contributed by atoms with Crippen LogP contribution >= 0.6 is 23.6 Å². The quantitative estimate of drug-likeness (QED) is 0.746. The molecule has 136 valence electrons. The number of aromatic nitrogens is 3. The third-order valence-corrected chi connectivity index (χ3v) is 6.03. The molecule has 4 rings (SSSR count). The Bertz CT molecular complexity index is 749. The van der Waals surface area contributed by atoms with Crippen LogP contribution in [0.2, 0.25) is 0 Å². The molecule has 2 aliphatic rings. The second-order valence-electron chi connectivity index (χ2n) is 6.73. The predicted molar refractivity (Wildman–Crippen MR) is 100 cm³/mol. The van der Waals surface area contributed by atoms with E-state index in [1.54, 1.807) is 11.3 Å². The van der Waals surface area contributed by atoms with E-state index in [-0.39, 0.29) is 12.2 Å². The molecule has 2 saturated heterocycles. The van der Waals surface area contributed by atoms with Gasteiger partial charge in [-0.1, -0.05) is 6.07 Å². The van der Waals surface area contributed by atoms with E-state index < -0.39 is 0 Å². The van der Waals surface area contributed by atoms with Gasteiger partial charge >= 0.3 is 0 Å². The van der Waals surface area contributed by atoms with Gasteiger partial charge in [-0.05, 0) is 43.4 Å². The summed E-state index contributed by atoms with van der Waals surface area (Å²) in [6.07, 6.45) is 2.73. The zero-order valence-electron chi connectivity index (χ0n) is 14.5. The molecule has 0 N–H and O–H groups in total. The van der Waals surface area contributed by atoms with Crippen molar-refractivity contribution in [3.8, 4) is 10.7 Å². The Kier molecular flexibility index (Phi) is 5.33. The molecular formula is C17H24N4O2S2. The topological polar surface area (TPSA) is 44.5 Å². The van der Waals surface area contributed by atoms with Crippen molar-refractivity contribution in [2.45, 2.75) is 45.2 Å². The van der Waals surface area contributed by atoms with Crippen molar-refractivity contribution in [3.05, 3.63) is 22.3 Å². The number of ether oxygens (including phenoxy) is 2. The number of nitrogens with zero attached hydrogens (tertiary/aromatic N) is 4. The van der Waals surface area contributed by atoms with Gasteiger partial charge in [-0.2, -0.15) is 0 Å². The highest BCUT2D eigenvalue weighted by Gasteiger charge is 2.23. The minimum absolute atomic E-state index is 0.242. The molecule has 0 amide bonds. The Morgan fingerprint density at radius 1 is 1.36 bits per heavy atom. The summed E-state index contributed by atoms with van der Waals surface area (Å²) in [6.45, 7) is 7.05. The first-order valence-corrected chi connectivity index (χ1v) is 10.2. The number of hydrogen-bond acceptors (Lipinski definition) is 6. The van der Waals surface area contributed by atoms with Crippen LogP contribution < -0.4 is 0 Å². The summed E-state index contributed by atoms with van der Waals surface area (Å²) >= 11 is 7.47. The fourth-order valence-electron chi connectivity index (χ4n) is 3.49. The van der Waals surface area contributed by atoms with Gasteiger partial charge in [0, 0.05) is 19.7 Å². The lowest BCUT2D eigenvalue weighted by atomic mass is 10.2. The zero-order chi connectivity index (χ0) is 17.2. The number of hydrogen-bond donors (Lipinski definition) is 0. The minimum atomic E-state index is 0.242. The largest absolute Gasteiger partial charge is 0.376 e. The van der Waals surface area contributed by atoms with E-state index in [1.807, 2.05) is 4.68 Å². The number of morpholine rings is 1. The van der Waals surface area contributed by atoms with Crippen LogP contribution in [0.5, 0.6) is 0 Å². The second-order valence-corrected chi connectivity index (χ2v) is 8.04. The van der Waals surface area contributed by atoms with Crippen LogP contribution in [0.25, 0.3) is 10.7 Å². The van der Waals surface area contributed by atoms with Crippen molar-refractivity contribution in [2.24, 2.45) is 0 Å². The average molecular weight is 381 g/mol. The SMILES string of the molecule is C[C@@H]1CN(Cn2nc(-c3cccs3)n(C[C@H]3CCCO3)c2=S)CCO1. The van der Waals surface area contributed by atoms with E-state index in [2.05, 4.69) is 33.9 Å². The fraction of sp³-hybridized carbons (Fsp3) is 0.647. The smallest absolute Gasteiger partial charge is 0.199 e. The van der Waals surface area contributed by atoms with Gasteiger partial charge in [-0.15, -0.1) is 16.4 Å². The highest BCUT2D eigenvalue weighted by molar-refractivity contribution is 7.71. The van der Waals surface area contributed by atoms with E-state index in [9.17, 15) is 0 Å². The van der Waals surface area contributed by atoms with Crippen LogP contribution in [-0.2, 0) is 22.7 Å². The molecular weight excluding hydrogens is 356 g/mol. The summed E-state index contributed by atoms with van der Waals surface area (Å²) in [5.74, 6) is 0.955. The minimum Gasteiger partial charge on any atom is -0.376 e. The van der Waals surface area contributed by atoms with Gasteiger partial charge in [-0.3, -0.25) is 9.47 Å². The molecule has 0 spiro atoms. The molecule has 2 aromatic rings. The molecule has 2 atom stereocenters. The van der Waals surface area contributed by atoms with Gasteiger partial charge in [0.05, 0.1) is 36.9 Å². The summed E-state index contributed by atoms with van der Waals surface area (Å²) in [5.41, 5.74) is 0. The summed E-state index contributed by atoms with van der Waals surface area (Å²) in [5, 5.41) is 6.94. The van der Waals surface area contributed by atoms with Gasteiger partial charge in [0.1, 0.15) is 0 Å². The van der Waals surface area contributed by atoms with Crippen molar-refractivity contribution < 1.29 is 9.47 Å². The summed E-state index contributed by atoms with van der Waals surface area (Å²) in [7, 11) is 0. The standard InChI is InChI=1S/C17H24N4O2S2/c1-13-10-19(6-8-22-13)12-21-17(24)20(11-14-4-2-7-23-14)16(18-21)15-5-3-9-25-15/h3,5,9,13-14H,2,4,6-8,10-12H2,1H3/t13-,14-/m1/s1. The lowest BCUT2D eigenvalue weighted by molar-refractivity contribution is -0.0307. The summed E-state index contributed by atoms with van der Waals surface area (Å²) < 4.78 is 16.4. The summed E-state index contributed by atoms with van der Waals surface area (Å²) in [4.78, 5) is 3.50.